The molecule has 4 rings (SSSR count). The Morgan fingerprint density at radius 2 is 1.66 bits per heavy atom. The van der Waals surface area contributed by atoms with Crippen LogP contribution in [0.25, 0.3) is 5.57 Å². The molecule has 1 N–H and O–H groups in total. The van der Waals surface area contributed by atoms with Crippen molar-refractivity contribution in [1.29, 1.82) is 0 Å². The number of carbonyl (C=O) groups excluding carboxylic acids is 1. The van der Waals surface area contributed by atoms with Gasteiger partial charge in [0.25, 0.3) is 21.6 Å². The lowest BCUT2D eigenvalue weighted by Gasteiger charge is -2.31. The number of benzene rings is 3. The minimum atomic E-state index is -4.20. The molecule has 0 unspecified atom stereocenters. The molecule has 1 aliphatic rings. The molecule has 8 nitrogen and oxygen atoms in total. The van der Waals surface area contributed by atoms with Crippen molar-refractivity contribution >= 4 is 38.6 Å². The summed E-state index contributed by atoms with van der Waals surface area (Å²) >= 11 is 0. The molecule has 0 radical (unpaired) electrons. The summed E-state index contributed by atoms with van der Waals surface area (Å²) in [7, 11) is -2.81. The van der Waals surface area contributed by atoms with E-state index in [0.29, 0.717) is 22.4 Å². The minimum Gasteiger partial charge on any atom is -0.321 e. The Labute approximate surface area is 185 Å². The van der Waals surface area contributed by atoms with Gasteiger partial charge in [-0.05, 0) is 24.1 Å². The molecule has 1 heterocycles. The Kier molecular flexibility index (Phi) is 5.27. The standard InChI is InChI=1S/C23H19N3O5S/c1-15-12-13-17(26(28)29)14-19(15)24-23(27)22-21(16-8-4-3-5-9-16)18-10-6-7-11-20(18)25(2)32(22,30)31/h3-14H,1-2H3,(H,24,27). The van der Waals surface area contributed by atoms with Crippen molar-refractivity contribution in [2.45, 2.75) is 6.92 Å². The Bertz CT molecular complexity index is 1380. The van der Waals surface area contributed by atoms with Crippen LogP contribution in [-0.2, 0) is 14.8 Å². The molecule has 162 valence electrons. The average molecular weight is 449 g/mol. The second kappa shape index (κ2) is 7.93. The van der Waals surface area contributed by atoms with Gasteiger partial charge in [0.1, 0.15) is 0 Å². The summed E-state index contributed by atoms with van der Waals surface area (Å²) in [6.45, 7) is 1.67. The monoisotopic (exact) mass is 449 g/mol. The first-order valence-corrected chi connectivity index (χ1v) is 11.1. The molecule has 3 aromatic carbocycles. The van der Waals surface area contributed by atoms with Gasteiger partial charge in [0.15, 0.2) is 4.91 Å². The number of nitro benzene ring substituents is 1. The Morgan fingerprint density at radius 1 is 1.00 bits per heavy atom. The van der Waals surface area contributed by atoms with Crippen LogP contribution in [0.1, 0.15) is 16.7 Å². The van der Waals surface area contributed by atoms with Gasteiger partial charge in [-0.2, -0.15) is 0 Å². The van der Waals surface area contributed by atoms with E-state index in [1.54, 1.807) is 61.5 Å². The van der Waals surface area contributed by atoms with E-state index in [0.717, 1.165) is 4.31 Å². The second-order valence-electron chi connectivity index (χ2n) is 7.27. The van der Waals surface area contributed by atoms with Crippen LogP contribution in [0.2, 0.25) is 0 Å². The van der Waals surface area contributed by atoms with Gasteiger partial charge >= 0.3 is 0 Å². The lowest BCUT2D eigenvalue weighted by molar-refractivity contribution is -0.384. The SMILES string of the molecule is Cc1ccc([N+](=O)[O-])cc1NC(=O)C1=C(c2ccccc2)c2ccccc2N(C)S1(=O)=O. The van der Waals surface area contributed by atoms with Gasteiger partial charge < -0.3 is 5.32 Å². The first-order chi connectivity index (χ1) is 15.2. The lowest BCUT2D eigenvalue weighted by atomic mass is 9.95. The summed E-state index contributed by atoms with van der Waals surface area (Å²) in [5.41, 5.74) is 2.41. The number of nitro groups is 1. The van der Waals surface area contributed by atoms with E-state index in [1.165, 1.54) is 25.2 Å². The third kappa shape index (κ3) is 3.52. The van der Waals surface area contributed by atoms with E-state index in [9.17, 15) is 23.3 Å². The summed E-state index contributed by atoms with van der Waals surface area (Å²) in [5.74, 6) is -0.867. The topological polar surface area (TPSA) is 110 Å². The normalized spacial score (nSPS) is 14.6. The number of para-hydroxylation sites is 1. The first-order valence-electron chi connectivity index (χ1n) is 9.66. The highest BCUT2D eigenvalue weighted by Crippen LogP contribution is 2.42. The van der Waals surface area contributed by atoms with Crippen molar-refractivity contribution in [2.24, 2.45) is 0 Å². The Morgan fingerprint density at radius 3 is 2.34 bits per heavy atom. The van der Waals surface area contributed by atoms with Crippen LogP contribution in [0.5, 0.6) is 0 Å². The third-order valence-electron chi connectivity index (χ3n) is 5.31. The molecule has 0 fully saturated rings. The van der Waals surface area contributed by atoms with Gasteiger partial charge in [-0.3, -0.25) is 19.2 Å². The van der Waals surface area contributed by atoms with E-state index < -0.39 is 25.8 Å². The number of hydrogen-bond donors (Lipinski definition) is 1. The molecule has 1 aliphatic heterocycles. The predicted octanol–water partition coefficient (Wildman–Crippen LogP) is 4.08. The number of nitrogens with zero attached hydrogens (tertiary/aromatic N) is 2. The van der Waals surface area contributed by atoms with E-state index in [-0.39, 0.29) is 16.9 Å². The number of fused-ring (bicyclic) bond motifs is 1. The van der Waals surface area contributed by atoms with Crippen molar-refractivity contribution in [1.82, 2.24) is 0 Å². The van der Waals surface area contributed by atoms with E-state index >= 15 is 0 Å². The summed E-state index contributed by atoms with van der Waals surface area (Å²) in [6.07, 6.45) is 0. The number of aryl methyl sites for hydroxylation is 1. The van der Waals surface area contributed by atoms with Gasteiger partial charge in [-0.25, -0.2) is 8.42 Å². The number of nitrogens with one attached hydrogen (secondary N) is 1. The zero-order valence-corrected chi connectivity index (χ0v) is 18.1. The third-order valence-corrected chi connectivity index (χ3v) is 7.13. The number of rotatable bonds is 4. The van der Waals surface area contributed by atoms with Crippen LogP contribution in [0, 0.1) is 17.0 Å². The highest BCUT2D eigenvalue weighted by atomic mass is 32.2. The zero-order valence-electron chi connectivity index (χ0n) is 17.3. The highest BCUT2D eigenvalue weighted by molar-refractivity contribution is 7.97. The van der Waals surface area contributed by atoms with Crippen LogP contribution in [-0.4, -0.2) is 26.3 Å². The first kappa shape index (κ1) is 21.3. The highest BCUT2D eigenvalue weighted by Gasteiger charge is 2.39. The Hall–Kier alpha value is -3.98. The van der Waals surface area contributed by atoms with Crippen LogP contribution in [0.4, 0.5) is 17.1 Å². The van der Waals surface area contributed by atoms with Crippen LogP contribution >= 0.6 is 0 Å². The molecule has 0 atom stereocenters. The molecule has 0 aromatic heterocycles. The molecule has 0 spiro atoms. The number of non-ortho nitro benzene ring substituents is 1. The number of carbonyl (C=O) groups is 1. The maximum absolute atomic E-state index is 13.5. The van der Waals surface area contributed by atoms with E-state index in [2.05, 4.69) is 5.32 Å². The van der Waals surface area contributed by atoms with Crippen molar-refractivity contribution in [3.63, 3.8) is 0 Å². The van der Waals surface area contributed by atoms with Crippen molar-refractivity contribution < 1.29 is 18.1 Å². The van der Waals surface area contributed by atoms with Crippen LogP contribution in [0.15, 0.2) is 77.7 Å². The molecular weight excluding hydrogens is 430 g/mol. The quantitative estimate of drug-likeness (QED) is 0.477. The van der Waals surface area contributed by atoms with Gasteiger partial charge in [0, 0.05) is 30.3 Å². The summed E-state index contributed by atoms with van der Waals surface area (Å²) in [6, 6.07) is 19.7. The largest absolute Gasteiger partial charge is 0.321 e. The zero-order chi connectivity index (χ0) is 23.0. The molecule has 0 saturated carbocycles. The van der Waals surface area contributed by atoms with Crippen molar-refractivity contribution in [2.75, 3.05) is 16.7 Å². The summed E-state index contributed by atoms with van der Waals surface area (Å²) in [4.78, 5) is 23.6. The molecule has 0 bridgehead atoms. The van der Waals surface area contributed by atoms with Crippen molar-refractivity contribution in [3.05, 3.63) is 105 Å². The van der Waals surface area contributed by atoms with Crippen molar-refractivity contribution in [3.8, 4) is 0 Å². The summed E-state index contributed by atoms with van der Waals surface area (Å²) < 4.78 is 28.0. The number of amides is 1. The van der Waals surface area contributed by atoms with E-state index in [1.807, 2.05) is 0 Å². The molecule has 32 heavy (non-hydrogen) atoms. The molecular formula is C23H19N3O5S. The molecule has 0 saturated heterocycles. The average Bonchev–Trinajstić information content (AvgIpc) is 2.78. The van der Waals surface area contributed by atoms with Gasteiger partial charge in [0.2, 0.25) is 0 Å². The maximum Gasteiger partial charge on any atom is 0.271 e. The van der Waals surface area contributed by atoms with Gasteiger partial charge in [-0.15, -0.1) is 0 Å². The molecule has 1 amide bonds. The smallest absolute Gasteiger partial charge is 0.271 e. The fourth-order valence-electron chi connectivity index (χ4n) is 3.64. The molecule has 3 aromatic rings. The number of anilines is 2. The van der Waals surface area contributed by atoms with Gasteiger partial charge in [0.05, 0.1) is 16.3 Å². The lowest BCUT2D eigenvalue weighted by Crippen LogP contribution is -2.37. The Balaban J connectivity index is 1.95. The van der Waals surface area contributed by atoms with Gasteiger partial charge in [-0.1, -0.05) is 54.6 Å². The second-order valence-corrected chi connectivity index (χ2v) is 9.18. The van der Waals surface area contributed by atoms with E-state index in [4.69, 9.17) is 0 Å². The minimum absolute atomic E-state index is 0.167. The summed E-state index contributed by atoms with van der Waals surface area (Å²) in [5, 5.41) is 13.7. The molecule has 9 heteroatoms. The van der Waals surface area contributed by atoms with Crippen LogP contribution in [0.3, 0.4) is 0 Å². The van der Waals surface area contributed by atoms with Crippen LogP contribution < -0.4 is 9.62 Å². The maximum atomic E-state index is 13.5. The number of sulfonamides is 1. The fourth-order valence-corrected chi connectivity index (χ4v) is 5.10. The predicted molar refractivity (Wildman–Crippen MR) is 123 cm³/mol. The molecule has 0 aliphatic carbocycles. The fraction of sp³-hybridized carbons (Fsp3) is 0.0870. The number of hydrogen-bond acceptors (Lipinski definition) is 5.